The topological polar surface area (TPSA) is 51.2 Å². The molecule has 0 atom stereocenters. The predicted molar refractivity (Wildman–Crippen MR) is 79.3 cm³/mol. The number of amides is 1. The van der Waals surface area contributed by atoms with E-state index in [9.17, 15) is 18.0 Å². The SMILES string of the molecule is C=CC(=O)Nc1cc(Oc2cccc(C(F)(F)F)c2)c(C)cn1. The molecule has 0 radical (unpaired) electrons. The fraction of sp³-hybridized carbons (Fsp3) is 0.125. The Morgan fingerprint density at radius 3 is 2.74 bits per heavy atom. The van der Waals surface area contributed by atoms with Gasteiger partial charge in [-0.2, -0.15) is 13.2 Å². The number of alkyl halides is 3. The maximum Gasteiger partial charge on any atom is 0.416 e. The van der Waals surface area contributed by atoms with Crippen molar-refractivity contribution in [3.05, 3.63) is 60.3 Å². The van der Waals surface area contributed by atoms with Gasteiger partial charge in [-0.3, -0.25) is 4.79 Å². The maximum atomic E-state index is 12.7. The maximum absolute atomic E-state index is 12.7. The molecule has 4 nitrogen and oxygen atoms in total. The first kappa shape index (κ1) is 16.5. The van der Waals surface area contributed by atoms with Crippen LogP contribution in [0.2, 0.25) is 0 Å². The number of benzene rings is 1. The number of pyridine rings is 1. The monoisotopic (exact) mass is 322 g/mol. The van der Waals surface area contributed by atoms with Gasteiger partial charge in [-0.1, -0.05) is 12.6 Å². The molecule has 0 aliphatic heterocycles. The number of ether oxygens (including phenoxy) is 1. The summed E-state index contributed by atoms with van der Waals surface area (Å²) in [6, 6.07) is 5.97. The van der Waals surface area contributed by atoms with Gasteiger partial charge in [-0.15, -0.1) is 0 Å². The summed E-state index contributed by atoms with van der Waals surface area (Å²) in [4.78, 5) is 15.2. The molecule has 120 valence electrons. The van der Waals surface area contributed by atoms with Gasteiger partial charge in [-0.25, -0.2) is 4.98 Å². The first-order valence-electron chi connectivity index (χ1n) is 6.55. The first-order valence-corrected chi connectivity index (χ1v) is 6.55. The van der Waals surface area contributed by atoms with Crippen LogP contribution in [0.1, 0.15) is 11.1 Å². The highest BCUT2D eigenvalue weighted by Crippen LogP contribution is 2.33. The Morgan fingerprint density at radius 2 is 2.09 bits per heavy atom. The molecular weight excluding hydrogens is 309 g/mol. The zero-order chi connectivity index (χ0) is 17.0. The number of carbonyl (C=O) groups is 1. The summed E-state index contributed by atoms with van der Waals surface area (Å²) in [5.41, 5.74) is -0.194. The molecule has 2 rings (SSSR count). The normalized spacial score (nSPS) is 11.0. The number of anilines is 1. The van der Waals surface area contributed by atoms with Crippen LogP contribution in [-0.4, -0.2) is 10.9 Å². The Bertz CT molecular complexity index is 742. The van der Waals surface area contributed by atoms with Gasteiger partial charge in [0.05, 0.1) is 5.56 Å². The molecule has 23 heavy (non-hydrogen) atoms. The lowest BCUT2D eigenvalue weighted by Gasteiger charge is -2.12. The molecule has 0 bridgehead atoms. The number of nitrogens with zero attached hydrogens (tertiary/aromatic N) is 1. The van der Waals surface area contributed by atoms with E-state index in [4.69, 9.17) is 4.74 Å². The molecule has 0 aliphatic carbocycles. The number of nitrogens with one attached hydrogen (secondary N) is 1. The van der Waals surface area contributed by atoms with Crippen molar-refractivity contribution in [2.24, 2.45) is 0 Å². The van der Waals surface area contributed by atoms with Crippen molar-refractivity contribution < 1.29 is 22.7 Å². The number of carbonyl (C=O) groups excluding carboxylic acids is 1. The molecule has 0 fully saturated rings. The molecule has 1 heterocycles. The highest BCUT2D eigenvalue weighted by Gasteiger charge is 2.30. The largest absolute Gasteiger partial charge is 0.457 e. The molecule has 1 N–H and O–H groups in total. The third-order valence-electron chi connectivity index (χ3n) is 2.88. The van der Waals surface area contributed by atoms with Crippen LogP contribution in [0.3, 0.4) is 0 Å². The van der Waals surface area contributed by atoms with Crippen LogP contribution in [0.15, 0.2) is 49.2 Å². The average molecular weight is 322 g/mol. The number of aromatic nitrogens is 1. The number of aryl methyl sites for hydroxylation is 1. The Balaban J connectivity index is 2.27. The molecule has 2 aromatic rings. The van der Waals surface area contributed by atoms with E-state index in [1.54, 1.807) is 6.92 Å². The van der Waals surface area contributed by atoms with Gasteiger partial charge in [0.15, 0.2) is 0 Å². The summed E-state index contributed by atoms with van der Waals surface area (Å²) in [5.74, 6) is 0.0858. The van der Waals surface area contributed by atoms with Gasteiger partial charge in [0.2, 0.25) is 5.91 Å². The van der Waals surface area contributed by atoms with Gasteiger partial charge in [0.1, 0.15) is 17.3 Å². The fourth-order valence-corrected chi connectivity index (χ4v) is 1.72. The summed E-state index contributed by atoms with van der Waals surface area (Å²) < 4.78 is 43.6. The van der Waals surface area contributed by atoms with E-state index in [2.05, 4.69) is 16.9 Å². The molecule has 0 spiro atoms. The second-order valence-electron chi connectivity index (χ2n) is 4.66. The van der Waals surface area contributed by atoms with Crippen LogP contribution in [0.25, 0.3) is 0 Å². The average Bonchev–Trinajstić information content (AvgIpc) is 2.50. The molecule has 0 aliphatic rings. The summed E-state index contributed by atoms with van der Waals surface area (Å²) in [6.45, 7) is 5.01. The second kappa shape index (κ2) is 6.51. The minimum absolute atomic E-state index is 0.0372. The van der Waals surface area contributed by atoms with Crippen LogP contribution in [0.5, 0.6) is 11.5 Å². The molecule has 0 unspecified atom stereocenters. The standard InChI is InChI=1S/C16H13F3N2O2/c1-3-15(22)21-14-8-13(10(2)9-20-14)23-12-6-4-5-11(7-12)16(17,18)19/h3-9H,1H2,2H3,(H,20,21,22). The van der Waals surface area contributed by atoms with Crippen LogP contribution >= 0.6 is 0 Å². The minimum atomic E-state index is -4.45. The molecule has 1 aromatic carbocycles. The molecule has 7 heteroatoms. The van der Waals surface area contributed by atoms with Gasteiger partial charge in [0, 0.05) is 17.8 Å². The van der Waals surface area contributed by atoms with E-state index >= 15 is 0 Å². The first-order chi connectivity index (χ1) is 10.8. The van der Waals surface area contributed by atoms with Crippen LogP contribution in [0, 0.1) is 6.92 Å². The van der Waals surface area contributed by atoms with E-state index in [-0.39, 0.29) is 11.6 Å². The number of hydrogen-bond acceptors (Lipinski definition) is 3. The summed E-state index contributed by atoms with van der Waals surface area (Å²) >= 11 is 0. The van der Waals surface area contributed by atoms with Crippen molar-refractivity contribution in [3.63, 3.8) is 0 Å². The number of halogens is 3. The Morgan fingerprint density at radius 1 is 1.35 bits per heavy atom. The Kier molecular flexibility index (Phi) is 4.68. The summed E-state index contributed by atoms with van der Waals surface area (Å²) in [7, 11) is 0. The van der Waals surface area contributed by atoms with Crippen LogP contribution < -0.4 is 10.1 Å². The van der Waals surface area contributed by atoms with E-state index in [0.717, 1.165) is 18.2 Å². The summed E-state index contributed by atoms with van der Waals surface area (Å²) in [5, 5.41) is 2.45. The lowest BCUT2D eigenvalue weighted by molar-refractivity contribution is -0.137. The lowest BCUT2D eigenvalue weighted by Crippen LogP contribution is -2.09. The quantitative estimate of drug-likeness (QED) is 0.853. The fourth-order valence-electron chi connectivity index (χ4n) is 1.72. The van der Waals surface area contributed by atoms with Gasteiger partial charge < -0.3 is 10.1 Å². The van der Waals surface area contributed by atoms with E-state index in [0.29, 0.717) is 11.3 Å². The van der Waals surface area contributed by atoms with Crippen LogP contribution in [0.4, 0.5) is 19.0 Å². The van der Waals surface area contributed by atoms with Gasteiger partial charge in [-0.05, 0) is 31.2 Å². The van der Waals surface area contributed by atoms with Crippen molar-refractivity contribution in [1.29, 1.82) is 0 Å². The lowest BCUT2D eigenvalue weighted by atomic mass is 10.2. The van der Waals surface area contributed by atoms with Crippen molar-refractivity contribution in [3.8, 4) is 11.5 Å². The van der Waals surface area contributed by atoms with E-state index < -0.39 is 17.6 Å². The Labute approximate surface area is 130 Å². The van der Waals surface area contributed by atoms with E-state index in [1.807, 2.05) is 0 Å². The molecular formula is C16H13F3N2O2. The third-order valence-corrected chi connectivity index (χ3v) is 2.88. The van der Waals surface area contributed by atoms with Crippen molar-refractivity contribution in [1.82, 2.24) is 4.98 Å². The Hall–Kier alpha value is -2.83. The molecule has 0 saturated heterocycles. The second-order valence-corrected chi connectivity index (χ2v) is 4.66. The van der Waals surface area contributed by atoms with E-state index in [1.165, 1.54) is 24.4 Å². The van der Waals surface area contributed by atoms with Crippen molar-refractivity contribution in [2.45, 2.75) is 13.1 Å². The van der Waals surface area contributed by atoms with Crippen LogP contribution in [-0.2, 0) is 11.0 Å². The number of hydrogen-bond donors (Lipinski definition) is 1. The molecule has 0 saturated carbocycles. The molecule has 1 amide bonds. The highest BCUT2D eigenvalue weighted by molar-refractivity contribution is 5.98. The number of rotatable bonds is 4. The summed E-state index contributed by atoms with van der Waals surface area (Å²) in [6.07, 6.45) is -1.92. The van der Waals surface area contributed by atoms with Crippen molar-refractivity contribution in [2.75, 3.05) is 5.32 Å². The zero-order valence-electron chi connectivity index (χ0n) is 12.1. The smallest absolute Gasteiger partial charge is 0.416 e. The predicted octanol–water partition coefficient (Wildman–Crippen LogP) is 4.33. The minimum Gasteiger partial charge on any atom is -0.457 e. The van der Waals surface area contributed by atoms with Gasteiger partial charge in [0.25, 0.3) is 0 Å². The van der Waals surface area contributed by atoms with Crippen molar-refractivity contribution >= 4 is 11.7 Å². The van der Waals surface area contributed by atoms with Gasteiger partial charge >= 0.3 is 6.18 Å². The zero-order valence-corrected chi connectivity index (χ0v) is 12.1. The third kappa shape index (κ3) is 4.32. The molecule has 1 aromatic heterocycles. The highest BCUT2D eigenvalue weighted by atomic mass is 19.4.